The van der Waals surface area contributed by atoms with E-state index in [0.717, 1.165) is 5.02 Å². The molecule has 2 aromatic rings. The van der Waals surface area contributed by atoms with E-state index in [4.69, 9.17) is 11.6 Å². The Labute approximate surface area is 116 Å². The van der Waals surface area contributed by atoms with Gasteiger partial charge in [-0.15, -0.1) is 22.7 Å². The third-order valence-corrected chi connectivity index (χ3v) is 5.35. The Hall–Kier alpha value is 0.380. The first-order valence-corrected chi connectivity index (χ1v) is 7.58. The predicted molar refractivity (Wildman–Crippen MR) is 77.3 cm³/mol. The molecule has 2 aromatic heterocycles. The first kappa shape index (κ1) is 11.9. The van der Waals surface area contributed by atoms with Gasteiger partial charge in [0.15, 0.2) is 0 Å². The molecule has 0 aliphatic carbocycles. The highest BCUT2D eigenvalue weighted by molar-refractivity contribution is 14.1. The fourth-order valence-corrected chi connectivity index (χ4v) is 4.14. The van der Waals surface area contributed by atoms with Crippen LogP contribution in [0.5, 0.6) is 0 Å². The molecule has 0 fully saturated rings. The minimum absolute atomic E-state index is 0.220. The molecular formula is C10H9ClINS2. The predicted octanol–water partition coefficient (Wildman–Crippen LogP) is 4.38. The van der Waals surface area contributed by atoms with E-state index >= 15 is 0 Å². The fraction of sp³-hybridized carbons (Fsp3) is 0.200. The van der Waals surface area contributed by atoms with Crippen LogP contribution in [-0.4, -0.2) is 7.05 Å². The zero-order chi connectivity index (χ0) is 10.8. The topological polar surface area (TPSA) is 12.0 Å². The van der Waals surface area contributed by atoms with Gasteiger partial charge >= 0.3 is 0 Å². The molecule has 0 amide bonds. The Morgan fingerprint density at radius 1 is 1.47 bits per heavy atom. The van der Waals surface area contributed by atoms with E-state index in [1.54, 1.807) is 22.7 Å². The van der Waals surface area contributed by atoms with Crippen LogP contribution in [0, 0.1) is 2.88 Å². The zero-order valence-electron chi connectivity index (χ0n) is 7.96. The van der Waals surface area contributed by atoms with Crippen molar-refractivity contribution in [1.29, 1.82) is 0 Å². The quantitative estimate of drug-likeness (QED) is 0.792. The van der Waals surface area contributed by atoms with Crippen LogP contribution in [0.4, 0.5) is 0 Å². The highest BCUT2D eigenvalue weighted by Gasteiger charge is 2.17. The molecule has 0 aliphatic heterocycles. The lowest BCUT2D eigenvalue weighted by molar-refractivity contribution is 0.706. The Balaban J connectivity index is 2.36. The SMILES string of the molecule is CNC(c1csc(I)c1)c1sccc1Cl. The number of thiophene rings is 2. The zero-order valence-corrected chi connectivity index (χ0v) is 12.5. The van der Waals surface area contributed by atoms with Crippen molar-refractivity contribution in [3.8, 4) is 0 Å². The minimum atomic E-state index is 0.220. The van der Waals surface area contributed by atoms with E-state index in [9.17, 15) is 0 Å². The summed E-state index contributed by atoms with van der Waals surface area (Å²) in [4.78, 5) is 1.19. The molecular weight excluding hydrogens is 361 g/mol. The van der Waals surface area contributed by atoms with E-state index in [2.05, 4.69) is 39.4 Å². The molecule has 2 heterocycles. The summed E-state index contributed by atoms with van der Waals surface area (Å²) < 4.78 is 1.30. The summed E-state index contributed by atoms with van der Waals surface area (Å²) in [6.07, 6.45) is 0. The molecule has 0 saturated carbocycles. The monoisotopic (exact) mass is 369 g/mol. The molecule has 2 rings (SSSR count). The number of rotatable bonds is 3. The molecule has 0 radical (unpaired) electrons. The maximum Gasteiger partial charge on any atom is 0.0692 e. The van der Waals surface area contributed by atoms with Crippen LogP contribution in [0.25, 0.3) is 0 Å². The molecule has 0 spiro atoms. The van der Waals surface area contributed by atoms with Gasteiger partial charge in [-0.25, -0.2) is 0 Å². The number of hydrogen-bond acceptors (Lipinski definition) is 3. The van der Waals surface area contributed by atoms with Gasteiger partial charge in [0.2, 0.25) is 0 Å². The van der Waals surface area contributed by atoms with Gasteiger partial charge in [-0.1, -0.05) is 11.6 Å². The third-order valence-electron chi connectivity index (χ3n) is 2.12. The summed E-state index contributed by atoms with van der Waals surface area (Å²) in [5.41, 5.74) is 1.29. The van der Waals surface area contributed by atoms with Crippen LogP contribution >= 0.6 is 56.9 Å². The standard InChI is InChI=1S/C10H9ClINS2/c1-13-9(6-4-8(12)15-5-6)10-7(11)2-3-14-10/h2-5,9,13H,1H3. The lowest BCUT2D eigenvalue weighted by Gasteiger charge is -2.13. The number of halogens is 2. The summed E-state index contributed by atoms with van der Waals surface area (Å²) in [7, 11) is 1.96. The smallest absolute Gasteiger partial charge is 0.0692 e. The highest BCUT2D eigenvalue weighted by atomic mass is 127. The van der Waals surface area contributed by atoms with Crippen molar-refractivity contribution in [2.24, 2.45) is 0 Å². The molecule has 0 saturated heterocycles. The van der Waals surface area contributed by atoms with Gasteiger partial charge in [0.25, 0.3) is 0 Å². The minimum Gasteiger partial charge on any atom is -0.309 e. The number of nitrogens with one attached hydrogen (secondary N) is 1. The average molecular weight is 370 g/mol. The van der Waals surface area contributed by atoms with Crippen LogP contribution in [0.3, 0.4) is 0 Å². The Bertz CT molecular complexity index is 452. The van der Waals surface area contributed by atoms with E-state index in [1.165, 1.54) is 13.3 Å². The van der Waals surface area contributed by atoms with Gasteiger partial charge in [-0.3, -0.25) is 0 Å². The molecule has 1 atom stereocenters. The van der Waals surface area contributed by atoms with Gasteiger partial charge < -0.3 is 5.32 Å². The molecule has 0 aromatic carbocycles. The van der Waals surface area contributed by atoms with E-state index in [0.29, 0.717) is 0 Å². The highest BCUT2D eigenvalue weighted by Crippen LogP contribution is 2.34. The van der Waals surface area contributed by atoms with Gasteiger partial charge in [0.1, 0.15) is 0 Å². The van der Waals surface area contributed by atoms with Crippen LogP contribution in [0.1, 0.15) is 16.5 Å². The number of hydrogen-bond donors (Lipinski definition) is 1. The van der Waals surface area contributed by atoms with Crippen molar-refractivity contribution in [2.75, 3.05) is 7.05 Å². The maximum absolute atomic E-state index is 6.14. The summed E-state index contributed by atoms with van der Waals surface area (Å²) >= 11 is 11.9. The summed E-state index contributed by atoms with van der Waals surface area (Å²) in [6, 6.07) is 4.36. The lowest BCUT2D eigenvalue weighted by Crippen LogP contribution is -2.15. The van der Waals surface area contributed by atoms with Crippen molar-refractivity contribution in [3.63, 3.8) is 0 Å². The van der Waals surface area contributed by atoms with Crippen LogP contribution in [-0.2, 0) is 0 Å². The normalized spacial score (nSPS) is 13.0. The molecule has 1 unspecified atom stereocenters. The van der Waals surface area contributed by atoms with Crippen molar-refractivity contribution in [1.82, 2.24) is 5.32 Å². The van der Waals surface area contributed by atoms with Crippen molar-refractivity contribution >= 4 is 56.9 Å². The van der Waals surface area contributed by atoms with Crippen LogP contribution < -0.4 is 5.32 Å². The first-order chi connectivity index (χ1) is 7.22. The largest absolute Gasteiger partial charge is 0.309 e. The lowest BCUT2D eigenvalue weighted by atomic mass is 10.1. The maximum atomic E-state index is 6.14. The van der Waals surface area contributed by atoms with Gasteiger partial charge in [-0.05, 0) is 58.1 Å². The molecule has 15 heavy (non-hydrogen) atoms. The molecule has 5 heteroatoms. The third kappa shape index (κ3) is 2.55. The average Bonchev–Trinajstić information content (AvgIpc) is 2.79. The van der Waals surface area contributed by atoms with Crippen molar-refractivity contribution in [2.45, 2.75) is 6.04 Å². The van der Waals surface area contributed by atoms with E-state index < -0.39 is 0 Å². The van der Waals surface area contributed by atoms with Gasteiger partial charge in [-0.2, -0.15) is 0 Å². The second-order valence-electron chi connectivity index (χ2n) is 3.04. The Morgan fingerprint density at radius 3 is 2.73 bits per heavy atom. The summed E-state index contributed by atoms with van der Waals surface area (Å²) in [5.74, 6) is 0. The Morgan fingerprint density at radius 2 is 2.27 bits per heavy atom. The first-order valence-electron chi connectivity index (χ1n) is 4.36. The second kappa shape index (κ2) is 5.14. The van der Waals surface area contributed by atoms with Crippen molar-refractivity contribution in [3.05, 3.63) is 41.2 Å². The molecule has 1 N–H and O–H groups in total. The van der Waals surface area contributed by atoms with Crippen LogP contribution in [0.15, 0.2) is 22.9 Å². The van der Waals surface area contributed by atoms with E-state index in [-0.39, 0.29) is 6.04 Å². The second-order valence-corrected chi connectivity index (χ2v) is 7.20. The summed E-state index contributed by atoms with van der Waals surface area (Å²) in [6.45, 7) is 0. The molecule has 0 aliphatic rings. The van der Waals surface area contributed by atoms with Gasteiger partial charge in [0, 0.05) is 4.88 Å². The molecule has 80 valence electrons. The molecule has 0 bridgehead atoms. The fourth-order valence-electron chi connectivity index (χ4n) is 1.44. The van der Waals surface area contributed by atoms with E-state index in [1.807, 2.05) is 18.5 Å². The molecule has 1 nitrogen and oxygen atoms in total. The Kier molecular flexibility index (Phi) is 4.06. The van der Waals surface area contributed by atoms with Crippen molar-refractivity contribution < 1.29 is 0 Å². The van der Waals surface area contributed by atoms with Gasteiger partial charge in [0.05, 0.1) is 13.9 Å². The van der Waals surface area contributed by atoms with Crippen LogP contribution in [0.2, 0.25) is 5.02 Å². The summed E-state index contributed by atoms with van der Waals surface area (Å²) in [5, 5.41) is 8.36.